The molecule has 0 bridgehead atoms. The van der Waals surface area contributed by atoms with E-state index in [-0.39, 0.29) is 0 Å². The molecular formula is C10H20B3. The van der Waals surface area contributed by atoms with Crippen LogP contribution in [0.15, 0.2) is 0 Å². The lowest BCUT2D eigenvalue weighted by atomic mass is 9.33. The van der Waals surface area contributed by atoms with E-state index in [1.165, 1.54) is 0 Å². The molecule has 0 saturated carbocycles. The molecule has 0 spiro atoms. The van der Waals surface area contributed by atoms with Gasteiger partial charge in [0.15, 0.2) is 0 Å². The molecule has 0 amide bonds. The Labute approximate surface area is 86.0 Å². The maximum atomic E-state index is 2.50. The minimum absolute atomic E-state index is 0.385. The van der Waals surface area contributed by atoms with Crippen molar-refractivity contribution in [2.45, 2.75) is 53.0 Å². The highest BCUT2D eigenvalue weighted by Crippen LogP contribution is 2.42. The van der Waals surface area contributed by atoms with Gasteiger partial charge in [0.05, 0.1) is 21.6 Å². The largest absolute Gasteiger partial charge is 0.0979 e. The summed E-state index contributed by atoms with van der Waals surface area (Å²) in [5, 5.41) is 0. The molecule has 1 heterocycles. The predicted octanol–water partition coefficient (Wildman–Crippen LogP) is 2.61. The summed E-state index contributed by atoms with van der Waals surface area (Å²) < 4.78 is 0. The van der Waals surface area contributed by atoms with E-state index < -0.39 is 0 Å². The summed E-state index contributed by atoms with van der Waals surface area (Å²) in [6.07, 6.45) is 0. The Kier molecular flexibility index (Phi) is 2.95. The van der Waals surface area contributed by atoms with Crippen molar-refractivity contribution in [1.29, 1.82) is 0 Å². The molecule has 0 aliphatic carbocycles. The van der Waals surface area contributed by atoms with Gasteiger partial charge in [-0.1, -0.05) is 53.0 Å². The zero-order valence-electron chi connectivity index (χ0n) is 9.89. The highest BCUT2D eigenvalue weighted by molar-refractivity contribution is 7.12. The lowest BCUT2D eigenvalue weighted by Gasteiger charge is -2.31. The predicted molar refractivity (Wildman–Crippen MR) is 63.7 cm³/mol. The van der Waals surface area contributed by atoms with Crippen LogP contribution in [0.4, 0.5) is 0 Å². The van der Waals surface area contributed by atoms with Gasteiger partial charge in [-0.2, -0.15) is 0 Å². The van der Waals surface area contributed by atoms with Gasteiger partial charge >= 0.3 is 0 Å². The van der Waals surface area contributed by atoms with Crippen LogP contribution in [0.5, 0.6) is 0 Å². The first-order valence-corrected chi connectivity index (χ1v) is 5.24. The molecule has 13 heavy (non-hydrogen) atoms. The lowest BCUT2D eigenvalue weighted by molar-refractivity contribution is 0.421. The minimum Gasteiger partial charge on any atom is -0.0979 e. The first kappa shape index (κ1) is 11.3. The van der Waals surface area contributed by atoms with Crippen LogP contribution in [0.2, 0.25) is 11.4 Å². The quantitative estimate of drug-likeness (QED) is 0.493. The fourth-order valence-corrected chi connectivity index (χ4v) is 1.75. The zero-order chi connectivity index (χ0) is 10.3. The highest BCUT2D eigenvalue weighted by atomic mass is 14.2. The molecule has 1 aliphatic rings. The van der Waals surface area contributed by atoms with Crippen LogP contribution in [0.1, 0.15) is 41.5 Å². The third-order valence-electron chi connectivity index (χ3n) is 2.94. The van der Waals surface area contributed by atoms with Gasteiger partial charge in [-0.05, 0) is 10.8 Å². The van der Waals surface area contributed by atoms with Crippen LogP contribution in [-0.2, 0) is 0 Å². The van der Waals surface area contributed by atoms with Gasteiger partial charge in [0.1, 0.15) is 0 Å². The van der Waals surface area contributed by atoms with E-state index in [1.807, 2.05) is 0 Å². The molecule has 3 heteroatoms. The second-order valence-electron chi connectivity index (χ2n) is 6.36. The third kappa shape index (κ3) is 2.82. The highest BCUT2D eigenvalue weighted by Gasteiger charge is 2.38. The van der Waals surface area contributed by atoms with E-state index in [1.54, 1.807) is 0 Å². The summed E-state index contributed by atoms with van der Waals surface area (Å²) in [6, 6.07) is 0. The van der Waals surface area contributed by atoms with E-state index in [9.17, 15) is 0 Å². The smallest absolute Gasteiger partial charge is 0.0979 e. The third-order valence-corrected chi connectivity index (χ3v) is 2.94. The Bertz CT molecular complexity index is 156. The first-order chi connectivity index (χ1) is 5.71. The van der Waals surface area contributed by atoms with Gasteiger partial charge < -0.3 is 0 Å². The van der Waals surface area contributed by atoms with Crippen LogP contribution in [0.3, 0.4) is 0 Å². The Morgan fingerprint density at radius 3 is 1.15 bits per heavy atom. The number of rotatable bonds is 0. The van der Waals surface area contributed by atoms with Crippen molar-refractivity contribution in [2.24, 2.45) is 10.8 Å². The number of hydrogen-bond acceptors (Lipinski definition) is 0. The molecule has 0 aromatic rings. The summed E-state index contributed by atoms with van der Waals surface area (Å²) in [7, 11) is 7.24. The molecule has 69 valence electrons. The van der Waals surface area contributed by atoms with Crippen molar-refractivity contribution < 1.29 is 0 Å². The second kappa shape index (κ2) is 3.40. The molecule has 1 fully saturated rings. The molecule has 0 nitrogen and oxygen atoms in total. The fraction of sp³-hybridized carbons (Fsp3) is 1.00. The Balaban J connectivity index is 2.55. The summed E-state index contributed by atoms with van der Waals surface area (Å²) >= 11 is 0. The standard InChI is InChI=1S/C10H20B3/c1-9(2,3)7-11-8(13-12-7)10(4,5)6/h7-8H,1-6H3. The monoisotopic (exact) mass is 173 g/mol. The average Bonchev–Trinajstić information content (AvgIpc) is 2.28. The van der Waals surface area contributed by atoms with E-state index in [4.69, 9.17) is 0 Å². The molecule has 0 aromatic carbocycles. The van der Waals surface area contributed by atoms with Crippen LogP contribution in [-0.4, -0.2) is 21.6 Å². The maximum absolute atomic E-state index is 2.50. The van der Waals surface area contributed by atoms with E-state index in [2.05, 4.69) is 63.2 Å². The van der Waals surface area contributed by atoms with E-state index >= 15 is 0 Å². The topological polar surface area (TPSA) is 0 Å². The van der Waals surface area contributed by atoms with Gasteiger partial charge in [-0.15, -0.1) is 0 Å². The van der Waals surface area contributed by atoms with Crippen molar-refractivity contribution in [3.63, 3.8) is 0 Å². The van der Waals surface area contributed by atoms with Crippen LogP contribution < -0.4 is 0 Å². The summed E-state index contributed by atoms with van der Waals surface area (Å²) in [5.41, 5.74) is 2.07. The molecule has 0 aromatic heterocycles. The van der Waals surface area contributed by atoms with Crippen molar-refractivity contribution in [2.75, 3.05) is 0 Å². The average molecular weight is 173 g/mol. The molecular weight excluding hydrogens is 153 g/mol. The van der Waals surface area contributed by atoms with Crippen molar-refractivity contribution in [3.8, 4) is 0 Å². The Morgan fingerprint density at radius 1 is 0.692 bits per heavy atom. The zero-order valence-corrected chi connectivity index (χ0v) is 9.89. The number of hydrogen-bond donors (Lipinski definition) is 0. The maximum Gasteiger partial charge on any atom is 0.0979 e. The van der Waals surface area contributed by atoms with Gasteiger partial charge in [-0.3, -0.25) is 0 Å². The molecule has 0 N–H and O–H groups in total. The van der Waals surface area contributed by atoms with Crippen molar-refractivity contribution in [1.82, 2.24) is 0 Å². The molecule has 1 rings (SSSR count). The first-order valence-electron chi connectivity index (χ1n) is 5.24. The van der Waals surface area contributed by atoms with Gasteiger partial charge in [0.25, 0.3) is 0 Å². The molecule has 1 saturated heterocycles. The van der Waals surface area contributed by atoms with Crippen molar-refractivity contribution >= 4 is 21.6 Å². The molecule has 1 aliphatic heterocycles. The molecule has 3 radical (unpaired) electrons. The Morgan fingerprint density at radius 2 is 1.00 bits per heavy atom. The van der Waals surface area contributed by atoms with E-state index in [0.29, 0.717) is 22.3 Å². The Hall–Kier alpha value is 0.195. The fourth-order valence-electron chi connectivity index (χ4n) is 1.75. The second-order valence-corrected chi connectivity index (χ2v) is 6.36. The lowest BCUT2D eigenvalue weighted by Crippen LogP contribution is -2.24. The van der Waals surface area contributed by atoms with E-state index in [0.717, 1.165) is 0 Å². The summed E-state index contributed by atoms with van der Waals surface area (Å²) in [4.78, 5) is 0. The van der Waals surface area contributed by atoms with Crippen LogP contribution >= 0.6 is 0 Å². The van der Waals surface area contributed by atoms with Gasteiger partial charge in [0.2, 0.25) is 0 Å². The van der Waals surface area contributed by atoms with Gasteiger partial charge in [0, 0.05) is 0 Å². The normalized spacial score (nSPS) is 29.1. The van der Waals surface area contributed by atoms with Crippen molar-refractivity contribution in [3.05, 3.63) is 0 Å². The summed E-state index contributed by atoms with van der Waals surface area (Å²) in [5.74, 6) is 0. The molecule has 2 atom stereocenters. The molecule has 2 unspecified atom stereocenters. The van der Waals surface area contributed by atoms with Crippen LogP contribution in [0, 0.1) is 10.8 Å². The van der Waals surface area contributed by atoms with Crippen LogP contribution in [0.25, 0.3) is 0 Å². The minimum atomic E-state index is 0.385. The summed E-state index contributed by atoms with van der Waals surface area (Å²) in [6.45, 7) is 13.9. The SMILES string of the molecule is CC(C)(C)C1[B][B]C(C(C)(C)C)[B]1. The van der Waals surface area contributed by atoms with Gasteiger partial charge in [-0.25, -0.2) is 0 Å².